The molecule has 1 N–H and O–H groups in total. The molecule has 2 aromatic rings. The van der Waals surface area contributed by atoms with Crippen molar-refractivity contribution >= 4 is 11.6 Å². The zero-order valence-corrected chi connectivity index (χ0v) is 11.5. The predicted octanol–water partition coefficient (Wildman–Crippen LogP) is 1.78. The molecule has 0 spiro atoms. The first-order valence-corrected chi connectivity index (χ1v) is 6.21. The topological polar surface area (TPSA) is 55.9 Å². The lowest BCUT2D eigenvalue weighted by molar-refractivity contribution is 0.167. The monoisotopic (exact) mass is 268 g/mol. The van der Waals surface area contributed by atoms with Gasteiger partial charge >= 0.3 is 0 Å². The van der Waals surface area contributed by atoms with Crippen LogP contribution >= 0.6 is 11.6 Å². The molecule has 1 unspecified atom stereocenters. The number of nitrogens with zero attached hydrogens (tertiary/aromatic N) is 4. The van der Waals surface area contributed by atoms with Crippen LogP contribution in [-0.4, -0.2) is 24.7 Å². The van der Waals surface area contributed by atoms with Crippen LogP contribution < -0.4 is 0 Å². The lowest BCUT2D eigenvalue weighted by Gasteiger charge is -2.09. The molecule has 0 amide bonds. The maximum absolute atomic E-state index is 10.2. The van der Waals surface area contributed by atoms with E-state index in [1.807, 2.05) is 26.4 Å². The maximum Gasteiger partial charge on any atom is 0.132 e. The number of hydrogen-bond acceptors (Lipinski definition) is 3. The van der Waals surface area contributed by atoms with Crippen LogP contribution in [0.4, 0.5) is 0 Å². The number of aliphatic hydroxyl groups excluding tert-OH is 1. The molecule has 0 saturated heterocycles. The standard InChI is InChI=1S/C12H17ClN4O/c1-8-11(12(13)17(3)15-8)10(18)5-4-9-6-14-16(2)7-9/h6-7,10,18H,4-5H2,1-3H3. The average molecular weight is 269 g/mol. The first-order chi connectivity index (χ1) is 8.49. The highest BCUT2D eigenvalue weighted by Gasteiger charge is 2.19. The van der Waals surface area contributed by atoms with E-state index in [1.54, 1.807) is 16.4 Å². The summed E-state index contributed by atoms with van der Waals surface area (Å²) in [6.07, 6.45) is 4.54. The SMILES string of the molecule is Cc1nn(C)c(Cl)c1C(O)CCc1cnn(C)c1. The molecule has 0 radical (unpaired) electrons. The Balaban J connectivity index is 2.05. The van der Waals surface area contributed by atoms with Gasteiger partial charge in [-0.3, -0.25) is 9.36 Å². The van der Waals surface area contributed by atoms with Gasteiger partial charge in [0.05, 0.1) is 18.0 Å². The molecule has 0 aromatic carbocycles. The number of hydrogen-bond donors (Lipinski definition) is 1. The summed E-state index contributed by atoms with van der Waals surface area (Å²) in [5, 5.41) is 19.0. The molecule has 18 heavy (non-hydrogen) atoms. The second kappa shape index (κ2) is 5.12. The van der Waals surface area contributed by atoms with Crippen molar-refractivity contribution in [3.8, 4) is 0 Å². The second-order valence-electron chi connectivity index (χ2n) is 4.49. The van der Waals surface area contributed by atoms with Crippen molar-refractivity contribution in [3.63, 3.8) is 0 Å². The molecular formula is C12H17ClN4O. The Kier molecular flexibility index (Phi) is 3.73. The molecule has 1 atom stereocenters. The van der Waals surface area contributed by atoms with E-state index in [0.717, 1.165) is 23.2 Å². The van der Waals surface area contributed by atoms with Gasteiger partial charge in [-0.2, -0.15) is 10.2 Å². The Morgan fingerprint density at radius 3 is 2.67 bits per heavy atom. The summed E-state index contributed by atoms with van der Waals surface area (Å²) in [6.45, 7) is 1.86. The van der Waals surface area contributed by atoms with Gasteiger partial charge in [0, 0.05) is 25.9 Å². The minimum atomic E-state index is -0.591. The highest BCUT2D eigenvalue weighted by molar-refractivity contribution is 6.30. The van der Waals surface area contributed by atoms with Crippen molar-refractivity contribution < 1.29 is 5.11 Å². The van der Waals surface area contributed by atoms with Gasteiger partial charge in [-0.1, -0.05) is 11.6 Å². The van der Waals surface area contributed by atoms with Gasteiger partial charge in [-0.15, -0.1) is 0 Å². The van der Waals surface area contributed by atoms with E-state index < -0.39 is 6.10 Å². The number of rotatable bonds is 4. The van der Waals surface area contributed by atoms with Crippen molar-refractivity contribution in [1.82, 2.24) is 19.6 Å². The third kappa shape index (κ3) is 2.57. The van der Waals surface area contributed by atoms with Gasteiger partial charge in [-0.05, 0) is 25.3 Å². The Morgan fingerprint density at radius 2 is 2.17 bits per heavy atom. The summed E-state index contributed by atoms with van der Waals surface area (Å²) >= 11 is 6.12. The van der Waals surface area contributed by atoms with Gasteiger partial charge in [-0.25, -0.2) is 0 Å². The van der Waals surface area contributed by atoms with Gasteiger partial charge in [0.1, 0.15) is 5.15 Å². The van der Waals surface area contributed by atoms with Gasteiger partial charge in [0.15, 0.2) is 0 Å². The van der Waals surface area contributed by atoms with Gasteiger partial charge in [0.2, 0.25) is 0 Å². The van der Waals surface area contributed by atoms with E-state index in [4.69, 9.17) is 11.6 Å². The second-order valence-corrected chi connectivity index (χ2v) is 4.85. The molecular weight excluding hydrogens is 252 g/mol. The summed E-state index contributed by atoms with van der Waals surface area (Å²) in [6, 6.07) is 0. The van der Waals surface area contributed by atoms with Crippen molar-refractivity contribution in [2.75, 3.05) is 0 Å². The lowest BCUT2D eigenvalue weighted by atomic mass is 10.0. The molecule has 2 heterocycles. The third-order valence-electron chi connectivity index (χ3n) is 2.99. The van der Waals surface area contributed by atoms with E-state index in [9.17, 15) is 5.11 Å². The van der Waals surface area contributed by atoms with Crippen LogP contribution in [0.25, 0.3) is 0 Å². The first-order valence-electron chi connectivity index (χ1n) is 5.83. The minimum absolute atomic E-state index is 0.506. The molecule has 6 heteroatoms. The molecule has 2 rings (SSSR count). The summed E-state index contributed by atoms with van der Waals surface area (Å²) in [5.41, 5.74) is 2.61. The van der Waals surface area contributed by atoms with E-state index in [0.29, 0.717) is 11.6 Å². The lowest BCUT2D eigenvalue weighted by Crippen LogP contribution is -2.01. The van der Waals surface area contributed by atoms with Crippen LogP contribution in [0.2, 0.25) is 5.15 Å². The average Bonchev–Trinajstić information content (AvgIpc) is 2.82. The predicted molar refractivity (Wildman–Crippen MR) is 69.4 cm³/mol. The number of halogens is 1. The van der Waals surface area contributed by atoms with Crippen molar-refractivity contribution in [1.29, 1.82) is 0 Å². The molecule has 2 aromatic heterocycles. The maximum atomic E-state index is 10.2. The normalized spacial score (nSPS) is 12.9. The van der Waals surface area contributed by atoms with Gasteiger partial charge < -0.3 is 5.11 Å². The smallest absolute Gasteiger partial charge is 0.132 e. The molecule has 5 nitrogen and oxygen atoms in total. The van der Waals surface area contributed by atoms with Gasteiger partial charge in [0.25, 0.3) is 0 Å². The zero-order chi connectivity index (χ0) is 13.3. The van der Waals surface area contributed by atoms with E-state index in [-0.39, 0.29) is 0 Å². The van der Waals surface area contributed by atoms with E-state index in [2.05, 4.69) is 10.2 Å². The first kappa shape index (κ1) is 13.1. The molecule has 0 aliphatic rings. The van der Waals surface area contributed by atoms with Crippen LogP contribution in [-0.2, 0) is 20.5 Å². The summed E-state index contributed by atoms with van der Waals surface area (Å²) in [5.74, 6) is 0. The van der Waals surface area contributed by atoms with Crippen molar-refractivity contribution in [2.24, 2.45) is 14.1 Å². The fraction of sp³-hybridized carbons (Fsp3) is 0.500. The third-order valence-corrected chi connectivity index (χ3v) is 3.44. The van der Waals surface area contributed by atoms with Crippen LogP contribution in [0, 0.1) is 6.92 Å². The zero-order valence-electron chi connectivity index (χ0n) is 10.8. The molecule has 0 fully saturated rings. The largest absolute Gasteiger partial charge is 0.388 e. The Labute approximate surface area is 111 Å². The number of aryl methyl sites for hydroxylation is 4. The van der Waals surface area contributed by atoms with E-state index >= 15 is 0 Å². The summed E-state index contributed by atoms with van der Waals surface area (Å²) < 4.78 is 3.34. The van der Waals surface area contributed by atoms with Crippen molar-refractivity contribution in [2.45, 2.75) is 25.9 Å². The van der Waals surface area contributed by atoms with Crippen LogP contribution in [0.5, 0.6) is 0 Å². The van der Waals surface area contributed by atoms with Crippen LogP contribution in [0.3, 0.4) is 0 Å². The molecule has 0 bridgehead atoms. The Hall–Kier alpha value is -1.33. The summed E-state index contributed by atoms with van der Waals surface area (Å²) in [4.78, 5) is 0. The van der Waals surface area contributed by atoms with Crippen LogP contribution in [0.15, 0.2) is 12.4 Å². The fourth-order valence-electron chi connectivity index (χ4n) is 2.07. The number of aromatic nitrogens is 4. The summed E-state index contributed by atoms with van der Waals surface area (Å²) in [7, 11) is 3.65. The molecule has 0 saturated carbocycles. The Bertz CT molecular complexity index is 546. The molecule has 0 aliphatic heterocycles. The molecule has 98 valence electrons. The van der Waals surface area contributed by atoms with Crippen LogP contribution in [0.1, 0.15) is 29.3 Å². The minimum Gasteiger partial charge on any atom is -0.388 e. The highest BCUT2D eigenvalue weighted by atomic mass is 35.5. The molecule has 0 aliphatic carbocycles. The Morgan fingerprint density at radius 1 is 1.44 bits per heavy atom. The van der Waals surface area contributed by atoms with E-state index in [1.165, 1.54) is 0 Å². The number of aliphatic hydroxyl groups is 1. The van der Waals surface area contributed by atoms with Crippen molar-refractivity contribution in [3.05, 3.63) is 34.4 Å². The quantitative estimate of drug-likeness (QED) is 0.920. The highest BCUT2D eigenvalue weighted by Crippen LogP contribution is 2.28. The fourth-order valence-corrected chi connectivity index (χ4v) is 2.37.